The van der Waals surface area contributed by atoms with Gasteiger partial charge < -0.3 is 4.42 Å². The molecule has 0 fully saturated rings. The first kappa shape index (κ1) is 33.8. The molecule has 55 heavy (non-hydrogen) atoms. The van der Waals surface area contributed by atoms with Crippen molar-refractivity contribution >= 4 is 11.0 Å². The molecule has 0 aliphatic carbocycles. The SMILES string of the molecule is CC(C)(C)c1cc(-c2ccccc2)c2nc(-c3ccc(-c4ccc(-c5nnc(-c6ccccc6)o5)cc4)cc3)c(-c3ccccc3)nc2c1-c1ccccc1. The third-order valence-corrected chi connectivity index (χ3v) is 10.0. The zero-order chi connectivity index (χ0) is 37.4. The Kier molecular flexibility index (Phi) is 8.68. The van der Waals surface area contributed by atoms with E-state index >= 15 is 0 Å². The van der Waals surface area contributed by atoms with Crippen LogP contribution < -0.4 is 0 Å². The van der Waals surface area contributed by atoms with Crippen molar-refractivity contribution < 1.29 is 4.42 Å². The molecule has 0 spiro atoms. The molecule has 2 heterocycles. The Hall–Kier alpha value is -6.98. The molecule has 0 unspecified atom stereocenters. The Balaban J connectivity index is 1.17. The zero-order valence-electron chi connectivity index (χ0n) is 30.9. The van der Waals surface area contributed by atoms with Crippen LogP contribution in [0.25, 0.3) is 89.8 Å². The Morgan fingerprint density at radius 1 is 0.382 bits per heavy atom. The van der Waals surface area contributed by atoms with Gasteiger partial charge in [0.2, 0.25) is 11.8 Å². The van der Waals surface area contributed by atoms with Crippen molar-refractivity contribution in [2.75, 3.05) is 0 Å². The van der Waals surface area contributed by atoms with Crippen LogP contribution in [0.15, 0.2) is 180 Å². The van der Waals surface area contributed by atoms with Gasteiger partial charge in [-0.25, -0.2) is 9.97 Å². The molecule has 0 bridgehead atoms. The van der Waals surface area contributed by atoms with Gasteiger partial charge in [0.15, 0.2) is 0 Å². The quantitative estimate of drug-likeness (QED) is 0.165. The van der Waals surface area contributed by atoms with Crippen molar-refractivity contribution in [2.24, 2.45) is 0 Å². The molecule has 9 aromatic rings. The van der Waals surface area contributed by atoms with E-state index in [4.69, 9.17) is 14.4 Å². The largest absolute Gasteiger partial charge is 0.416 e. The Bertz CT molecular complexity index is 2740. The highest BCUT2D eigenvalue weighted by Crippen LogP contribution is 2.44. The van der Waals surface area contributed by atoms with Gasteiger partial charge in [-0.05, 0) is 63.6 Å². The van der Waals surface area contributed by atoms with E-state index in [-0.39, 0.29) is 5.41 Å². The third kappa shape index (κ3) is 6.62. The van der Waals surface area contributed by atoms with E-state index in [0.29, 0.717) is 11.8 Å². The lowest BCUT2D eigenvalue weighted by atomic mass is 9.79. The van der Waals surface area contributed by atoms with Crippen molar-refractivity contribution in [3.63, 3.8) is 0 Å². The van der Waals surface area contributed by atoms with E-state index in [9.17, 15) is 0 Å². The maximum absolute atomic E-state index is 6.00. The number of aromatic nitrogens is 4. The molecule has 0 atom stereocenters. The maximum Gasteiger partial charge on any atom is 0.248 e. The number of nitrogens with zero attached hydrogens (tertiary/aromatic N) is 4. The number of rotatable bonds is 7. The Morgan fingerprint density at radius 3 is 1.27 bits per heavy atom. The predicted octanol–water partition coefficient (Wildman–Crippen LogP) is 13.0. The second-order valence-electron chi connectivity index (χ2n) is 14.7. The van der Waals surface area contributed by atoms with Crippen LogP contribution in [0.4, 0.5) is 0 Å². The van der Waals surface area contributed by atoms with Crippen LogP contribution >= 0.6 is 0 Å². The smallest absolute Gasteiger partial charge is 0.248 e. The number of benzene rings is 7. The number of hydrogen-bond acceptors (Lipinski definition) is 5. The lowest BCUT2D eigenvalue weighted by Crippen LogP contribution is -2.14. The van der Waals surface area contributed by atoms with Crippen LogP contribution in [0.1, 0.15) is 26.3 Å². The van der Waals surface area contributed by atoms with Crippen LogP contribution in [0.2, 0.25) is 0 Å². The van der Waals surface area contributed by atoms with E-state index in [1.54, 1.807) is 0 Å². The zero-order valence-corrected chi connectivity index (χ0v) is 30.9. The monoisotopic (exact) mass is 710 g/mol. The normalized spacial score (nSPS) is 11.5. The molecule has 0 radical (unpaired) electrons. The van der Waals surface area contributed by atoms with Gasteiger partial charge in [-0.3, -0.25) is 0 Å². The Labute approximate surface area is 321 Å². The van der Waals surface area contributed by atoms with Crippen LogP contribution in [0, 0.1) is 0 Å². The molecule has 264 valence electrons. The van der Waals surface area contributed by atoms with Crippen molar-refractivity contribution in [3.8, 4) is 78.8 Å². The van der Waals surface area contributed by atoms with Crippen LogP contribution in [0.3, 0.4) is 0 Å². The van der Waals surface area contributed by atoms with E-state index in [2.05, 4.69) is 158 Å². The van der Waals surface area contributed by atoms with E-state index in [0.717, 1.165) is 78.1 Å². The summed E-state index contributed by atoms with van der Waals surface area (Å²) in [5.74, 6) is 0.993. The third-order valence-electron chi connectivity index (χ3n) is 10.0. The van der Waals surface area contributed by atoms with Crippen molar-refractivity contribution in [3.05, 3.63) is 181 Å². The summed E-state index contributed by atoms with van der Waals surface area (Å²) < 4.78 is 6.00. The molecule has 5 heteroatoms. The molecule has 7 aromatic carbocycles. The second kappa shape index (κ2) is 14.1. The first-order valence-corrected chi connectivity index (χ1v) is 18.6. The van der Waals surface area contributed by atoms with Crippen LogP contribution in [-0.2, 0) is 5.41 Å². The Morgan fingerprint density at radius 2 is 0.764 bits per heavy atom. The topological polar surface area (TPSA) is 64.7 Å². The van der Waals surface area contributed by atoms with Gasteiger partial charge in [-0.1, -0.05) is 166 Å². The molecular weight excluding hydrogens is 673 g/mol. The van der Waals surface area contributed by atoms with E-state index < -0.39 is 0 Å². The average molecular weight is 711 g/mol. The number of fused-ring (bicyclic) bond motifs is 1. The summed E-state index contributed by atoms with van der Waals surface area (Å²) in [5.41, 5.74) is 14.9. The minimum atomic E-state index is -0.152. The lowest BCUT2D eigenvalue weighted by Gasteiger charge is -2.26. The van der Waals surface area contributed by atoms with Gasteiger partial charge >= 0.3 is 0 Å². The summed E-state index contributed by atoms with van der Waals surface area (Å²) >= 11 is 0. The average Bonchev–Trinajstić information content (AvgIpc) is 3.74. The summed E-state index contributed by atoms with van der Waals surface area (Å²) in [4.78, 5) is 11.2. The minimum absolute atomic E-state index is 0.152. The summed E-state index contributed by atoms with van der Waals surface area (Å²) in [6, 6.07) is 60.6. The van der Waals surface area contributed by atoms with Gasteiger partial charge in [0.25, 0.3) is 0 Å². The van der Waals surface area contributed by atoms with Crippen molar-refractivity contribution in [1.82, 2.24) is 20.2 Å². The highest BCUT2D eigenvalue weighted by atomic mass is 16.4. The highest BCUT2D eigenvalue weighted by Gasteiger charge is 2.26. The summed E-state index contributed by atoms with van der Waals surface area (Å²) in [7, 11) is 0. The van der Waals surface area contributed by atoms with Crippen LogP contribution in [-0.4, -0.2) is 20.2 Å². The molecule has 9 rings (SSSR count). The second-order valence-corrected chi connectivity index (χ2v) is 14.7. The fourth-order valence-corrected chi connectivity index (χ4v) is 7.20. The summed E-state index contributed by atoms with van der Waals surface area (Å²) in [6.45, 7) is 6.83. The molecule has 0 N–H and O–H groups in total. The summed E-state index contributed by atoms with van der Waals surface area (Å²) in [6.07, 6.45) is 0. The van der Waals surface area contributed by atoms with Gasteiger partial charge in [0, 0.05) is 33.4 Å². The molecule has 5 nitrogen and oxygen atoms in total. The van der Waals surface area contributed by atoms with Gasteiger partial charge in [-0.2, -0.15) is 0 Å². The lowest BCUT2D eigenvalue weighted by molar-refractivity contribution is 0.584. The molecule has 0 saturated heterocycles. The fourth-order valence-electron chi connectivity index (χ4n) is 7.20. The molecule has 2 aromatic heterocycles. The molecular formula is C50H38N4O. The van der Waals surface area contributed by atoms with Crippen molar-refractivity contribution in [2.45, 2.75) is 26.2 Å². The van der Waals surface area contributed by atoms with Crippen molar-refractivity contribution in [1.29, 1.82) is 0 Å². The van der Waals surface area contributed by atoms with E-state index in [1.807, 2.05) is 48.5 Å². The minimum Gasteiger partial charge on any atom is -0.416 e. The van der Waals surface area contributed by atoms with Crippen LogP contribution in [0.5, 0.6) is 0 Å². The van der Waals surface area contributed by atoms with Gasteiger partial charge in [0.1, 0.15) is 0 Å². The first-order chi connectivity index (χ1) is 26.9. The van der Waals surface area contributed by atoms with Gasteiger partial charge in [-0.15, -0.1) is 10.2 Å². The fraction of sp³-hybridized carbons (Fsp3) is 0.0800. The molecule has 0 saturated carbocycles. The number of hydrogen-bond donors (Lipinski definition) is 0. The first-order valence-electron chi connectivity index (χ1n) is 18.6. The van der Waals surface area contributed by atoms with Gasteiger partial charge in [0.05, 0.1) is 22.4 Å². The summed E-state index contributed by atoms with van der Waals surface area (Å²) in [5, 5.41) is 8.56. The standard InChI is InChI=1S/C50H38N4O/c1-50(2,3)42-32-41(35-16-8-4-9-17-35)46-47(43(42)36-18-10-5-11-19-36)52-44(37-20-12-6-13-21-37)45(51-46)38-28-24-33(25-29-38)34-26-30-40(31-27-34)49-54-53-48(55-49)39-22-14-7-15-23-39/h4-32H,1-3H3. The molecule has 0 aliphatic heterocycles. The molecule has 0 aliphatic rings. The maximum atomic E-state index is 6.00. The highest BCUT2D eigenvalue weighted by molar-refractivity contribution is 6.04. The van der Waals surface area contributed by atoms with E-state index in [1.165, 1.54) is 5.56 Å². The molecule has 0 amide bonds. The predicted molar refractivity (Wildman–Crippen MR) is 224 cm³/mol.